The van der Waals surface area contributed by atoms with Gasteiger partial charge in [-0.25, -0.2) is 4.39 Å². The van der Waals surface area contributed by atoms with Crippen LogP contribution in [0, 0.1) is 5.82 Å². The standard InChI is InChI=1S/C15H12ClFN2O2/c16-11-6-2-1-5-10(11)9-18-14(20)15(21)19-13-8-4-3-7-12(13)17/h1-8H,9H2,(H,18,20)(H,19,21). The van der Waals surface area contributed by atoms with Crippen molar-refractivity contribution < 1.29 is 14.0 Å². The number of rotatable bonds is 3. The van der Waals surface area contributed by atoms with E-state index < -0.39 is 17.6 Å². The number of anilines is 1. The van der Waals surface area contributed by atoms with Crippen molar-refractivity contribution in [2.45, 2.75) is 6.54 Å². The Hall–Kier alpha value is -2.40. The Labute approximate surface area is 125 Å². The Bertz CT molecular complexity index is 676. The van der Waals surface area contributed by atoms with Crippen LogP contribution in [-0.2, 0) is 16.1 Å². The van der Waals surface area contributed by atoms with Crippen LogP contribution in [0.4, 0.5) is 10.1 Å². The molecule has 0 aliphatic rings. The summed E-state index contributed by atoms with van der Waals surface area (Å²) in [5, 5.41) is 5.12. The van der Waals surface area contributed by atoms with E-state index >= 15 is 0 Å². The van der Waals surface area contributed by atoms with E-state index in [1.807, 2.05) is 0 Å². The Morgan fingerprint density at radius 2 is 1.67 bits per heavy atom. The number of amides is 2. The predicted octanol–water partition coefficient (Wildman–Crippen LogP) is 2.73. The molecule has 0 bridgehead atoms. The highest BCUT2D eigenvalue weighted by atomic mass is 35.5. The van der Waals surface area contributed by atoms with Gasteiger partial charge in [0.2, 0.25) is 0 Å². The van der Waals surface area contributed by atoms with E-state index in [-0.39, 0.29) is 12.2 Å². The number of halogens is 2. The maximum absolute atomic E-state index is 13.4. The fourth-order valence-corrected chi connectivity index (χ4v) is 1.84. The minimum absolute atomic E-state index is 0.0459. The van der Waals surface area contributed by atoms with Crippen LogP contribution in [-0.4, -0.2) is 11.8 Å². The van der Waals surface area contributed by atoms with Gasteiger partial charge < -0.3 is 10.6 Å². The quantitative estimate of drug-likeness (QED) is 0.857. The smallest absolute Gasteiger partial charge is 0.313 e. The van der Waals surface area contributed by atoms with Crippen LogP contribution >= 0.6 is 11.6 Å². The van der Waals surface area contributed by atoms with Crippen molar-refractivity contribution in [2.24, 2.45) is 0 Å². The number of carbonyl (C=O) groups excluding carboxylic acids is 2. The minimum atomic E-state index is -0.938. The summed E-state index contributed by atoms with van der Waals surface area (Å²) >= 11 is 5.94. The SMILES string of the molecule is O=C(NCc1ccccc1Cl)C(=O)Nc1ccccc1F. The van der Waals surface area contributed by atoms with E-state index in [0.29, 0.717) is 10.6 Å². The number of nitrogens with one attached hydrogen (secondary N) is 2. The molecule has 6 heteroatoms. The van der Waals surface area contributed by atoms with Gasteiger partial charge in [-0.1, -0.05) is 41.9 Å². The molecule has 0 saturated carbocycles. The molecule has 0 unspecified atom stereocenters. The van der Waals surface area contributed by atoms with Gasteiger partial charge in [0.15, 0.2) is 0 Å². The lowest BCUT2D eigenvalue weighted by atomic mass is 10.2. The van der Waals surface area contributed by atoms with Gasteiger partial charge in [-0.3, -0.25) is 9.59 Å². The van der Waals surface area contributed by atoms with Crippen molar-refractivity contribution in [1.82, 2.24) is 5.32 Å². The van der Waals surface area contributed by atoms with Crippen molar-refractivity contribution in [3.63, 3.8) is 0 Å². The van der Waals surface area contributed by atoms with Gasteiger partial charge in [-0.2, -0.15) is 0 Å². The highest BCUT2D eigenvalue weighted by molar-refractivity contribution is 6.39. The number of hydrogen-bond donors (Lipinski definition) is 2. The van der Waals surface area contributed by atoms with Gasteiger partial charge in [0.1, 0.15) is 5.82 Å². The van der Waals surface area contributed by atoms with Crippen LogP contribution in [0.5, 0.6) is 0 Å². The lowest BCUT2D eigenvalue weighted by molar-refractivity contribution is -0.136. The van der Waals surface area contributed by atoms with Crippen molar-refractivity contribution in [1.29, 1.82) is 0 Å². The molecule has 0 fully saturated rings. The molecule has 2 rings (SSSR count). The number of hydrogen-bond acceptors (Lipinski definition) is 2. The second-order valence-corrected chi connectivity index (χ2v) is 4.62. The predicted molar refractivity (Wildman–Crippen MR) is 78.3 cm³/mol. The van der Waals surface area contributed by atoms with Crippen LogP contribution in [0.15, 0.2) is 48.5 Å². The first-order valence-electron chi connectivity index (χ1n) is 6.15. The minimum Gasteiger partial charge on any atom is -0.344 e. The van der Waals surface area contributed by atoms with Crippen molar-refractivity contribution in [3.8, 4) is 0 Å². The van der Waals surface area contributed by atoms with Crippen molar-refractivity contribution >= 4 is 29.1 Å². The molecule has 21 heavy (non-hydrogen) atoms. The molecule has 108 valence electrons. The maximum atomic E-state index is 13.4. The van der Waals surface area contributed by atoms with E-state index in [2.05, 4.69) is 10.6 Å². The molecular formula is C15H12ClFN2O2. The van der Waals surface area contributed by atoms with Gasteiger partial charge >= 0.3 is 11.8 Å². The highest BCUT2D eigenvalue weighted by Gasteiger charge is 2.15. The summed E-state index contributed by atoms with van der Waals surface area (Å²) in [5.74, 6) is -2.41. The first kappa shape index (κ1) is 15.0. The third-order valence-electron chi connectivity index (χ3n) is 2.73. The number of benzene rings is 2. The van der Waals surface area contributed by atoms with E-state index in [0.717, 1.165) is 0 Å². The molecule has 4 nitrogen and oxygen atoms in total. The molecule has 0 aliphatic heterocycles. The molecule has 0 aliphatic carbocycles. The first-order chi connectivity index (χ1) is 10.1. The number of carbonyl (C=O) groups is 2. The lowest BCUT2D eigenvalue weighted by Gasteiger charge is -2.08. The summed E-state index contributed by atoms with van der Waals surface area (Å²) in [6.45, 7) is 0.114. The molecular weight excluding hydrogens is 295 g/mol. The van der Waals surface area contributed by atoms with E-state index in [9.17, 15) is 14.0 Å². The molecule has 0 atom stereocenters. The maximum Gasteiger partial charge on any atom is 0.313 e. The Kier molecular flexibility index (Phi) is 4.90. The van der Waals surface area contributed by atoms with Crippen LogP contribution in [0.25, 0.3) is 0 Å². The summed E-state index contributed by atoms with van der Waals surface area (Å²) in [6.07, 6.45) is 0. The van der Waals surface area contributed by atoms with Gasteiger partial charge in [-0.15, -0.1) is 0 Å². The second-order valence-electron chi connectivity index (χ2n) is 4.21. The van der Waals surface area contributed by atoms with Crippen molar-refractivity contribution in [3.05, 3.63) is 64.9 Å². The molecule has 2 aromatic carbocycles. The molecule has 2 amide bonds. The Balaban J connectivity index is 1.93. The van der Waals surface area contributed by atoms with E-state index in [1.54, 1.807) is 30.3 Å². The Morgan fingerprint density at radius 1 is 1.00 bits per heavy atom. The average Bonchev–Trinajstić information content (AvgIpc) is 2.48. The molecule has 0 saturated heterocycles. The summed E-state index contributed by atoms with van der Waals surface area (Å²) in [4.78, 5) is 23.3. The summed E-state index contributed by atoms with van der Waals surface area (Å²) in [5.41, 5.74) is 0.640. The lowest BCUT2D eigenvalue weighted by Crippen LogP contribution is -2.35. The average molecular weight is 307 g/mol. The molecule has 2 aromatic rings. The number of para-hydroxylation sites is 1. The zero-order valence-corrected chi connectivity index (χ0v) is 11.7. The summed E-state index contributed by atoms with van der Waals surface area (Å²) in [7, 11) is 0. The van der Waals surface area contributed by atoms with Crippen LogP contribution in [0.2, 0.25) is 5.02 Å². The third-order valence-corrected chi connectivity index (χ3v) is 3.09. The molecule has 0 spiro atoms. The van der Waals surface area contributed by atoms with Gasteiger partial charge in [0, 0.05) is 11.6 Å². The fourth-order valence-electron chi connectivity index (χ4n) is 1.64. The zero-order valence-electron chi connectivity index (χ0n) is 10.9. The van der Waals surface area contributed by atoms with Crippen LogP contribution < -0.4 is 10.6 Å². The summed E-state index contributed by atoms with van der Waals surface area (Å²) in [6, 6.07) is 12.6. The largest absolute Gasteiger partial charge is 0.344 e. The van der Waals surface area contributed by atoms with Gasteiger partial charge in [0.25, 0.3) is 0 Å². The second kappa shape index (κ2) is 6.85. The van der Waals surface area contributed by atoms with E-state index in [4.69, 9.17) is 11.6 Å². The monoisotopic (exact) mass is 306 g/mol. The van der Waals surface area contributed by atoms with Crippen LogP contribution in [0.1, 0.15) is 5.56 Å². The zero-order chi connectivity index (χ0) is 15.2. The van der Waals surface area contributed by atoms with Gasteiger partial charge in [-0.05, 0) is 23.8 Å². The topological polar surface area (TPSA) is 58.2 Å². The van der Waals surface area contributed by atoms with Crippen molar-refractivity contribution in [2.75, 3.05) is 5.32 Å². The van der Waals surface area contributed by atoms with Gasteiger partial charge in [0.05, 0.1) is 5.69 Å². The molecule has 2 N–H and O–H groups in total. The summed E-state index contributed by atoms with van der Waals surface area (Å²) < 4.78 is 13.4. The molecule has 0 aromatic heterocycles. The fraction of sp³-hybridized carbons (Fsp3) is 0.0667. The van der Waals surface area contributed by atoms with Crippen LogP contribution in [0.3, 0.4) is 0 Å². The Morgan fingerprint density at radius 3 is 2.38 bits per heavy atom. The molecule has 0 heterocycles. The molecule has 0 radical (unpaired) electrons. The first-order valence-corrected chi connectivity index (χ1v) is 6.53. The normalized spacial score (nSPS) is 10.0. The third kappa shape index (κ3) is 4.03. The van der Waals surface area contributed by atoms with E-state index in [1.165, 1.54) is 18.2 Å². The highest BCUT2D eigenvalue weighted by Crippen LogP contribution is 2.14.